The molecule has 0 spiro atoms. The summed E-state index contributed by atoms with van der Waals surface area (Å²) in [6.07, 6.45) is -0.197. The van der Waals surface area contributed by atoms with E-state index in [0.717, 1.165) is 11.1 Å². The number of alkyl halides is 2. The van der Waals surface area contributed by atoms with Gasteiger partial charge in [-0.2, -0.15) is 5.26 Å². The quantitative estimate of drug-likeness (QED) is 0.356. The molecule has 0 saturated heterocycles. The van der Waals surface area contributed by atoms with E-state index in [9.17, 15) is 23.6 Å². The third kappa shape index (κ3) is 5.17. The van der Waals surface area contributed by atoms with E-state index in [1.165, 1.54) is 41.7 Å². The van der Waals surface area contributed by atoms with E-state index >= 15 is 0 Å². The van der Waals surface area contributed by atoms with Gasteiger partial charge in [-0.05, 0) is 43.3 Å². The molecular formula is C27H20F2N6O3S. The number of aryl methyl sites for hydroxylation is 1. The number of hydrogen-bond donors (Lipinski definition) is 1. The van der Waals surface area contributed by atoms with E-state index in [-0.39, 0.29) is 29.9 Å². The summed E-state index contributed by atoms with van der Waals surface area (Å²) < 4.78 is 31.0. The first kappa shape index (κ1) is 25.9. The molecule has 12 heteroatoms. The van der Waals surface area contributed by atoms with Crippen LogP contribution in [0.2, 0.25) is 0 Å². The van der Waals surface area contributed by atoms with Crippen LogP contribution in [0.4, 0.5) is 13.9 Å². The maximum absolute atomic E-state index is 13.3. The molecule has 1 aromatic carbocycles. The molecule has 0 fully saturated rings. The Bertz CT molecular complexity index is 1610. The number of nitrogens with zero attached hydrogens (tertiary/aromatic N) is 5. The third-order valence-electron chi connectivity index (χ3n) is 6.12. The summed E-state index contributed by atoms with van der Waals surface area (Å²) in [6, 6.07) is 11.3. The van der Waals surface area contributed by atoms with Gasteiger partial charge in [0, 0.05) is 34.8 Å². The van der Waals surface area contributed by atoms with E-state index in [1.54, 1.807) is 31.2 Å². The molecule has 0 saturated carbocycles. The Morgan fingerprint density at radius 2 is 1.95 bits per heavy atom. The van der Waals surface area contributed by atoms with Crippen molar-refractivity contribution < 1.29 is 23.1 Å². The molecule has 2 amide bonds. The van der Waals surface area contributed by atoms with Gasteiger partial charge in [0.05, 0.1) is 48.0 Å². The second-order valence-electron chi connectivity index (χ2n) is 8.68. The zero-order chi connectivity index (χ0) is 27.7. The molecule has 0 radical (unpaired) electrons. The average Bonchev–Trinajstić information content (AvgIpc) is 3.51. The Morgan fingerprint density at radius 3 is 2.62 bits per heavy atom. The van der Waals surface area contributed by atoms with Gasteiger partial charge in [0.15, 0.2) is 5.13 Å². The third-order valence-corrected chi connectivity index (χ3v) is 7.12. The van der Waals surface area contributed by atoms with Crippen LogP contribution < -0.4 is 10.1 Å². The van der Waals surface area contributed by atoms with Crippen molar-refractivity contribution >= 4 is 28.3 Å². The SMILES string of the molecule is COc1ccc(C#N)cc1-c1cc(C)ncc1C(=O)Nc1nc2c(s1)CN(C(=O)c1ccc(C(F)F)cn1)C2. The number of fused-ring (bicyclic) bond motifs is 1. The molecule has 1 N–H and O–H groups in total. The van der Waals surface area contributed by atoms with Gasteiger partial charge in [-0.3, -0.25) is 24.9 Å². The average molecular weight is 547 g/mol. The van der Waals surface area contributed by atoms with E-state index < -0.39 is 18.2 Å². The van der Waals surface area contributed by atoms with Crippen LogP contribution in [0.3, 0.4) is 0 Å². The van der Waals surface area contributed by atoms with Crippen molar-refractivity contribution in [3.63, 3.8) is 0 Å². The van der Waals surface area contributed by atoms with Crippen LogP contribution in [-0.4, -0.2) is 38.8 Å². The maximum atomic E-state index is 13.3. The normalized spacial score (nSPS) is 12.3. The van der Waals surface area contributed by atoms with Crippen LogP contribution in [0.15, 0.2) is 48.8 Å². The number of carbonyl (C=O) groups excluding carboxylic acids is 2. The first-order valence-electron chi connectivity index (χ1n) is 11.7. The highest BCUT2D eigenvalue weighted by molar-refractivity contribution is 7.16. The summed E-state index contributed by atoms with van der Waals surface area (Å²) in [5, 5.41) is 12.5. The molecule has 3 aromatic heterocycles. The Labute approximate surface area is 225 Å². The number of benzene rings is 1. The first-order valence-corrected chi connectivity index (χ1v) is 12.5. The number of anilines is 1. The standard InChI is InChI=1S/C27H20F2N6O3S/c1-14-7-17(18-8-15(9-30)3-6-22(18)38-2)19(11-31-14)25(36)34-27-33-21-12-35(13-23(21)39-27)26(37)20-5-4-16(10-32-20)24(28)29/h3-8,10-11,24H,12-13H2,1-2H3,(H,33,34,36). The van der Waals surface area contributed by atoms with Gasteiger partial charge in [0.25, 0.3) is 18.2 Å². The van der Waals surface area contributed by atoms with Gasteiger partial charge in [0.2, 0.25) is 0 Å². The fraction of sp³-hybridized carbons (Fsp3) is 0.185. The Balaban J connectivity index is 1.34. The zero-order valence-corrected chi connectivity index (χ0v) is 21.6. The number of rotatable bonds is 6. The summed E-state index contributed by atoms with van der Waals surface area (Å²) in [6.45, 7) is 2.26. The summed E-state index contributed by atoms with van der Waals surface area (Å²) in [4.78, 5) is 41.0. The van der Waals surface area contributed by atoms with E-state index in [2.05, 4.69) is 26.3 Å². The van der Waals surface area contributed by atoms with Crippen LogP contribution in [0.5, 0.6) is 5.75 Å². The molecule has 0 aliphatic carbocycles. The van der Waals surface area contributed by atoms with Crippen molar-refractivity contribution in [2.45, 2.75) is 26.4 Å². The number of ether oxygens (including phenoxy) is 1. The van der Waals surface area contributed by atoms with Crippen molar-refractivity contribution in [3.05, 3.63) is 87.4 Å². The lowest BCUT2D eigenvalue weighted by atomic mass is 9.97. The summed E-state index contributed by atoms with van der Waals surface area (Å²) in [5.74, 6) is -0.328. The minimum atomic E-state index is -2.66. The van der Waals surface area contributed by atoms with E-state index in [4.69, 9.17) is 4.74 Å². The number of thiazole rings is 1. The van der Waals surface area contributed by atoms with Gasteiger partial charge >= 0.3 is 0 Å². The molecule has 196 valence electrons. The molecule has 0 unspecified atom stereocenters. The molecule has 1 aliphatic rings. The molecule has 0 bridgehead atoms. The lowest BCUT2D eigenvalue weighted by molar-refractivity contribution is 0.0744. The van der Waals surface area contributed by atoms with Gasteiger partial charge in [0.1, 0.15) is 11.4 Å². The number of hydrogen-bond acceptors (Lipinski definition) is 8. The number of methoxy groups -OCH3 is 1. The van der Waals surface area contributed by atoms with Gasteiger partial charge in [-0.25, -0.2) is 13.8 Å². The second-order valence-corrected chi connectivity index (χ2v) is 9.76. The largest absolute Gasteiger partial charge is 0.496 e. The molecule has 9 nitrogen and oxygen atoms in total. The highest BCUT2D eigenvalue weighted by Crippen LogP contribution is 2.35. The van der Waals surface area contributed by atoms with Crippen LogP contribution in [0, 0.1) is 18.3 Å². The molecule has 1 aliphatic heterocycles. The predicted molar refractivity (Wildman–Crippen MR) is 139 cm³/mol. The van der Waals surface area contributed by atoms with Crippen LogP contribution in [-0.2, 0) is 13.1 Å². The summed E-state index contributed by atoms with van der Waals surface area (Å²) in [7, 11) is 1.51. The minimum absolute atomic E-state index is 0.0679. The fourth-order valence-electron chi connectivity index (χ4n) is 4.18. The lowest BCUT2D eigenvalue weighted by Crippen LogP contribution is -2.26. The second kappa shape index (κ2) is 10.5. The predicted octanol–water partition coefficient (Wildman–Crippen LogP) is 5.13. The number of aromatic nitrogens is 3. The smallest absolute Gasteiger partial charge is 0.273 e. The van der Waals surface area contributed by atoms with Gasteiger partial charge in [-0.1, -0.05) is 11.3 Å². The summed E-state index contributed by atoms with van der Waals surface area (Å²) >= 11 is 1.24. The maximum Gasteiger partial charge on any atom is 0.273 e. The van der Waals surface area contributed by atoms with Crippen molar-refractivity contribution in [1.29, 1.82) is 5.26 Å². The fourth-order valence-corrected chi connectivity index (χ4v) is 5.16. The Hall–Kier alpha value is -4.76. The van der Waals surface area contributed by atoms with Crippen LogP contribution >= 0.6 is 11.3 Å². The van der Waals surface area contributed by atoms with Crippen molar-refractivity contribution in [1.82, 2.24) is 19.9 Å². The number of halogens is 2. The molecular weight excluding hydrogens is 526 g/mol. The topological polar surface area (TPSA) is 121 Å². The number of nitriles is 1. The first-order chi connectivity index (χ1) is 18.8. The highest BCUT2D eigenvalue weighted by Gasteiger charge is 2.29. The molecule has 0 atom stereocenters. The number of pyridine rings is 2. The highest BCUT2D eigenvalue weighted by atomic mass is 32.1. The van der Waals surface area contributed by atoms with Gasteiger partial charge < -0.3 is 9.64 Å². The van der Waals surface area contributed by atoms with Crippen LogP contribution in [0.1, 0.15) is 54.7 Å². The minimum Gasteiger partial charge on any atom is -0.496 e. The van der Waals surface area contributed by atoms with Gasteiger partial charge in [-0.15, -0.1) is 0 Å². The van der Waals surface area contributed by atoms with Crippen LogP contribution in [0.25, 0.3) is 11.1 Å². The monoisotopic (exact) mass is 546 g/mol. The van der Waals surface area contributed by atoms with E-state index in [1.807, 2.05) is 0 Å². The molecule has 4 heterocycles. The van der Waals surface area contributed by atoms with Crippen molar-refractivity contribution in [2.75, 3.05) is 12.4 Å². The van der Waals surface area contributed by atoms with E-state index in [0.29, 0.717) is 39.0 Å². The number of carbonyl (C=O) groups is 2. The molecule has 5 rings (SSSR count). The Morgan fingerprint density at radius 1 is 1.13 bits per heavy atom. The lowest BCUT2D eigenvalue weighted by Gasteiger charge is -2.15. The zero-order valence-electron chi connectivity index (χ0n) is 20.7. The molecule has 4 aromatic rings. The number of nitrogens with one attached hydrogen (secondary N) is 1. The molecule has 39 heavy (non-hydrogen) atoms. The van der Waals surface area contributed by atoms with Crippen molar-refractivity contribution in [3.8, 4) is 22.9 Å². The van der Waals surface area contributed by atoms with Crippen molar-refractivity contribution in [2.24, 2.45) is 0 Å². The Kier molecular flexibility index (Phi) is 7.00. The number of amides is 2. The summed E-state index contributed by atoms with van der Waals surface area (Å²) in [5.41, 5.74) is 2.97.